The van der Waals surface area contributed by atoms with Crippen LogP contribution in [0.5, 0.6) is 0 Å². The minimum absolute atomic E-state index is 0.579. The highest BCUT2D eigenvalue weighted by Crippen LogP contribution is 2.14. The molecule has 0 spiro atoms. The van der Waals surface area contributed by atoms with E-state index in [0.29, 0.717) is 5.82 Å². The second-order valence-corrected chi connectivity index (χ2v) is 3.37. The fraction of sp³-hybridized carbons (Fsp3) is 0. The highest BCUT2D eigenvalue weighted by Gasteiger charge is 2.00. The maximum Gasteiger partial charge on any atom is 0.184 e. The molecule has 0 atom stereocenters. The first kappa shape index (κ1) is 10.5. The van der Waals surface area contributed by atoms with Crippen LogP contribution in [0.2, 0.25) is 0 Å². The third kappa shape index (κ3) is 2.16. The number of hydrogen-bond donors (Lipinski definition) is 1. The molecule has 0 saturated carbocycles. The molecule has 0 fully saturated rings. The van der Waals surface area contributed by atoms with E-state index in [-0.39, 0.29) is 0 Å². The Morgan fingerprint density at radius 2 is 2.31 bits per heavy atom. The largest absolute Gasteiger partial charge is 0.331 e. The Hall–Kier alpha value is -1.98. The lowest BCUT2D eigenvalue weighted by atomic mass is 10.2. The highest BCUT2D eigenvalue weighted by atomic mass is 35.5. The molecule has 0 radical (unpaired) electrons. The van der Waals surface area contributed by atoms with Crippen molar-refractivity contribution in [2.24, 2.45) is 0 Å². The molecule has 1 aromatic carbocycles. The number of nitrogens with one attached hydrogen (secondary N) is 1. The molecule has 16 heavy (non-hydrogen) atoms. The molecule has 1 aromatic heterocycles. The van der Waals surface area contributed by atoms with Crippen molar-refractivity contribution in [2.45, 2.75) is 0 Å². The standard InChI is InChI=1S/C13H9ClN2/c1-2-3-4-10-5-6-11-12(9-10)16-13(15-11)7-8-14/h2-6,9H,1H2,(H,15,16)/b4-3+. The van der Waals surface area contributed by atoms with Gasteiger partial charge in [0.2, 0.25) is 0 Å². The third-order valence-corrected chi connectivity index (χ3v) is 2.19. The summed E-state index contributed by atoms with van der Waals surface area (Å²) in [6.07, 6.45) is 5.60. The van der Waals surface area contributed by atoms with Crippen LogP contribution >= 0.6 is 11.6 Å². The van der Waals surface area contributed by atoms with E-state index in [1.165, 1.54) is 0 Å². The van der Waals surface area contributed by atoms with Crippen LogP contribution in [0.1, 0.15) is 11.4 Å². The fourth-order valence-electron chi connectivity index (χ4n) is 1.41. The number of halogens is 1. The van der Waals surface area contributed by atoms with Crippen LogP contribution in [0.15, 0.2) is 36.9 Å². The van der Waals surface area contributed by atoms with Crippen LogP contribution in [-0.2, 0) is 0 Å². The van der Waals surface area contributed by atoms with Gasteiger partial charge in [-0.1, -0.05) is 30.9 Å². The molecular formula is C13H9ClN2. The summed E-state index contributed by atoms with van der Waals surface area (Å²) in [4.78, 5) is 7.35. The molecule has 1 N–H and O–H groups in total. The van der Waals surface area contributed by atoms with Gasteiger partial charge in [-0.25, -0.2) is 4.98 Å². The van der Waals surface area contributed by atoms with E-state index in [1.54, 1.807) is 6.08 Å². The summed E-state index contributed by atoms with van der Waals surface area (Å²) in [5, 5.41) is 2.30. The molecule has 0 unspecified atom stereocenters. The smallest absolute Gasteiger partial charge is 0.184 e. The van der Waals surface area contributed by atoms with Gasteiger partial charge in [0.1, 0.15) is 0 Å². The summed E-state index contributed by atoms with van der Waals surface area (Å²) >= 11 is 5.32. The Labute approximate surface area is 98.7 Å². The molecular weight excluding hydrogens is 220 g/mol. The van der Waals surface area contributed by atoms with Gasteiger partial charge >= 0.3 is 0 Å². The number of fused-ring (bicyclic) bond motifs is 1. The van der Waals surface area contributed by atoms with Gasteiger partial charge in [0.15, 0.2) is 5.82 Å². The van der Waals surface area contributed by atoms with Gasteiger partial charge in [-0.2, -0.15) is 0 Å². The van der Waals surface area contributed by atoms with E-state index in [4.69, 9.17) is 11.6 Å². The summed E-state index contributed by atoms with van der Waals surface area (Å²) in [5.74, 6) is 3.25. The Bertz CT molecular complexity index is 612. The number of H-pyrrole nitrogens is 1. The number of benzene rings is 1. The van der Waals surface area contributed by atoms with E-state index in [2.05, 4.69) is 27.8 Å². The lowest BCUT2D eigenvalue weighted by Gasteiger charge is -1.91. The summed E-state index contributed by atoms with van der Waals surface area (Å²) < 4.78 is 0. The number of aromatic amines is 1. The van der Waals surface area contributed by atoms with Crippen molar-refractivity contribution in [1.82, 2.24) is 9.97 Å². The minimum Gasteiger partial charge on any atom is -0.331 e. The van der Waals surface area contributed by atoms with Crippen molar-refractivity contribution >= 4 is 28.7 Å². The van der Waals surface area contributed by atoms with Crippen molar-refractivity contribution in [3.8, 4) is 11.3 Å². The first-order valence-electron chi connectivity index (χ1n) is 4.74. The van der Waals surface area contributed by atoms with Crippen LogP contribution in [0, 0.1) is 11.3 Å². The van der Waals surface area contributed by atoms with Crippen LogP contribution < -0.4 is 0 Å². The SMILES string of the molecule is C=C/C=C/c1ccc2nc(C#CCl)[nH]c2c1. The molecule has 0 saturated heterocycles. The molecule has 78 valence electrons. The Balaban J connectivity index is 2.47. The third-order valence-electron chi connectivity index (χ3n) is 2.10. The van der Waals surface area contributed by atoms with E-state index in [9.17, 15) is 0 Å². The van der Waals surface area contributed by atoms with Crippen LogP contribution in [0.3, 0.4) is 0 Å². The zero-order chi connectivity index (χ0) is 11.4. The number of aromatic nitrogens is 2. The number of nitrogens with zero attached hydrogens (tertiary/aromatic N) is 1. The van der Waals surface area contributed by atoms with Gasteiger partial charge < -0.3 is 4.98 Å². The van der Waals surface area contributed by atoms with Crippen molar-refractivity contribution < 1.29 is 0 Å². The monoisotopic (exact) mass is 228 g/mol. The molecule has 0 amide bonds. The predicted octanol–water partition coefficient (Wildman–Crippen LogP) is 3.31. The van der Waals surface area contributed by atoms with Gasteiger partial charge in [0.25, 0.3) is 0 Å². The first-order valence-corrected chi connectivity index (χ1v) is 5.12. The van der Waals surface area contributed by atoms with Gasteiger partial charge in [0.05, 0.1) is 11.0 Å². The average molecular weight is 229 g/mol. The van der Waals surface area contributed by atoms with Crippen LogP contribution in [-0.4, -0.2) is 9.97 Å². The second kappa shape index (κ2) is 4.69. The fourth-order valence-corrected chi connectivity index (χ4v) is 1.50. The molecule has 0 aliphatic rings. The van der Waals surface area contributed by atoms with E-state index < -0.39 is 0 Å². The van der Waals surface area contributed by atoms with E-state index >= 15 is 0 Å². The lowest BCUT2D eigenvalue weighted by molar-refractivity contribution is 1.28. The van der Waals surface area contributed by atoms with Crippen molar-refractivity contribution in [3.05, 3.63) is 48.3 Å². The summed E-state index contributed by atoms with van der Waals surface area (Å²) in [5.41, 5.74) is 2.91. The zero-order valence-corrected chi connectivity index (χ0v) is 9.25. The maximum absolute atomic E-state index is 5.32. The predicted molar refractivity (Wildman–Crippen MR) is 68.1 cm³/mol. The summed E-state index contributed by atoms with van der Waals surface area (Å²) in [6.45, 7) is 3.63. The van der Waals surface area contributed by atoms with Crippen molar-refractivity contribution in [3.63, 3.8) is 0 Å². The molecule has 3 heteroatoms. The average Bonchev–Trinajstić information content (AvgIpc) is 2.68. The second-order valence-electron chi connectivity index (χ2n) is 3.18. The Kier molecular flexibility index (Phi) is 3.09. The first-order chi connectivity index (χ1) is 7.83. The number of hydrogen-bond acceptors (Lipinski definition) is 1. The quantitative estimate of drug-likeness (QED) is 0.620. The minimum atomic E-state index is 0.579. The van der Waals surface area contributed by atoms with Crippen molar-refractivity contribution in [2.75, 3.05) is 0 Å². The van der Waals surface area contributed by atoms with Gasteiger partial charge in [0, 0.05) is 5.38 Å². The van der Waals surface area contributed by atoms with E-state index in [1.807, 2.05) is 30.4 Å². The van der Waals surface area contributed by atoms with Gasteiger partial charge in [-0.15, -0.1) is 0 Å². The van der Waals surface area contributed by atoms with Crippen LogP contribution in [0.25, 0.3) is 17.1 Å². The topological polar surface area (TPSA) is 28.7 Å². The zero-order valence-electron chi connectivity index (χ0n) is 8.50. The van der Waals surface area contributed by atoms with Gasteiger partial charge in [-0.3, -0.25) is 0 Å². The number of rotatable bonds is 2. The Morgan fingerprint density at radius 3 is 3.06 bits per heavy atom. The van der Waals surface area contributed by atoms with E-state index in [0.717, 1.165) is 16.6 Å². The normalized spacial score (nSPS) is 10.3. The van der Waals surface area contributed by atoms with Crippen LogP contribution in [0.4, 0.5) is 0 Å². The summed E-state index contributed by atoms with van der Waals surface area (Å²) in [7, 11) is 0. The highest BCUT2D eigenvalue weighted by molar-refractivity contribution is 6.30. The number of allylic oxidation sites excluding steroid dienone is 2. The lowest BCUT2D eigenvalue weighted by Crippen LogP contribution is -1.73. The molecule has 2 aromatic rings. The molecule has 0 aliphatic carbocycles. The maximum atomic E-state index is 5.32. The Morgan fingerprint density at radius 1 is 1.44 bits per heavy atom. The molecule has 0 aliphatic heterocycles. The molecule has 2 nitrogen and oxygen atoms in total. The summed E-state index contributed by atoms with van der Waals surface area (Å²) in [6, 6.07) is 5.93. The number of imidazole rings is 1. The molecule has 2 rings (SSSR count). The van der Waals surface area contributed by atoms with Gasteiger partial charge in [-0.05, 0) is 35.2 Å². The molecule has 1 heterocycles. The molecule has 0 bridgehead atoms. The van der Waals surface area contributed by atoms with Crippen molar-refractivity contribution in [1.29, 1.82) is 0 Å².